The number of nitrogens with one attached hydrogen (secondary N) is 1. The van der Waals surface area contributed by atoms with Gasteiger partial charge in [0.25, 0.3) is 0 Å². The number of carbonyl (C=O) groups excluding carboxylic acids is 1. The van der Waals surface area contributed by atoms with Gasteiger partial charge in [-0.25, -0.2) is 18.2 Å². The molecule has 1 aromatic heterocycles. The van der Waals surface area contributed by atoms with E-state index in [4.69, 9.17) is 9.72 Å². The summed E-state index contributed by atoms with van der Waals surface area (Å²) in [5, 5.41) is 0. The van der Waals surface area contributed by atoms with Crippen LogP contribution in [0.3, 0.4) is 0 Å². The van der Waals surface area contributed by atoms with Gasteiger partial charge in [0.2, 0.25) is 10.0 Å². The lowest BCUT2D eigenvalue weighted by Gasteiger charge is -2.13. The van der Waals surface area contributed by atoms with E-state index in [0.29, 0.717) is 30.8 Å². The number of anilines is 1. The van der Waals surface area contributed by atoms with E-state index in [1.165, 1.54) is 0 Å². The predicted molar refractivity (Wildman–Crippen MR) is 158 cm³/mol. The zero-order chi connectivity index (χ0) is 27.8. The number of unbranched alkanes of at least 4 members (excludes halogenated alkanes) is 2. The molecule has 206 valence electrons. The molecule has 0 aliphatic heterocycles. The summed E-state index contributed by atoms with van der Waals surface area (Å²) in [6.07, 6.45) is 4.36. The number of fused-ring (bicyclic) bond motifs is 1. The van der Waals surface area contributed by atoms with Crippen LogP contribution >= 0.6 is 0 Å². The van der Waals surface area contributed by atoms with Gasteiger partial charge in [0.05, 0.1) is 34.6 Å². The molecule has 1 heterocycles. The standard InChI is InChI=1S/C31H37N3O4S/c1-4-7-13-30-32-28-19-18-25(33-39(36,37)20-8-5-2)21-29(28)34(30)22-23-14-16-24(17-15-23)26-11-9-10-12-27(26)31(35)38-6-3/h9-12,14-19,21,33H,4-8,13,20,22H2,1-3H3. The fourth-order valence-corrected chi connectivity index (χ4v) is 5.85. The monoisotopic (exact) mass is 547 g/mol. The molecule has 0 unspecified atom stereocenters. The number of imidazole rings is 1. The largest absolute Gasteiger partial charge is 0.462 e. The second-order valence-electron chi connectivity index (χ2n) is 9.66. The quantitative estimate of drug-likeness (QED) is 0.186. The van der Waals surface area contributed by atoms with E-state index >= 15 is 0 Å². The lowest BCUT2D eigenvalue weighted by Crippen LogP contribution is -2.16. The topological polar surface area (TPSA) is 90.3 Å². The number of hydrogen-bond acceptors (Lipinski definition) is 5. The maximum Gasteiger partial charge on any atom is 0.338 e. The zero-order valence-electron chi connectivity index (χ0n) is 22.9. The summed E-state index contributed by atoms with van der Waals surface area (Å²) in [6.45, 7) is 6.86. The highest BCUT2D eigenvalue weighted by molar-refractivity contribution is 7.92. The summed E-state index contributed by atoms with van der Waals surface area (Å²) < 4.78 is 35.2. The minimum atomic E-state index is -3.40. The Morgan fingerprint density at radius 2 is 1.69 bits per heavy atom. The minimum absolute atomic E-state index is 0.105. The van der Waals surface area contributed by atoms with Gasteiger partial charge in [0.1, 0.15) is 5.82 Å². The normalized spacial score (nSPS) is 11.6. The summed E-state index contributed by atoms with van der Waals surface area (Å²) in [5.74, 6) is 0.757. The Bertz CT molecular complexity index is 1530. The fourth-order valence-electron chi connectivity index (χ4n) is 4.60. The molecule has 3 aromatic carbocycles. The summed E-state index contributed by atoms with van der Waals surface area (Å²) in [5.41, 5.74) is 5.69. The average molecular weight is 548 g/mol. The summed E-state index contributed by atoms with van der Waals surface area (Å²) in [6, 6.07) is 21.2. The van der Waals surface area contributed by atoms with Crippen molar-refractivity contribution in [1.82, 2.24) is 9.55 Å². The van der Waals surface area contributed by atoms with E-state index in [0.717, 1.165) is 59.2 Å². The van der Waals surface area contributed by atoms with Crippen LogP contribution in [0, 0.1) is 0 Å². The number of carbonyl (C=O) groups is 1. The molecule has 0 aliphatic rings. The molecule has 0 aliphatic carbocycles. The van der Waals surface area contributed by atoms with Crippen LogP contribution in [0.1, 0.15) is 68.2 Å². The third-order valence-electron chi connectivity index (χ3n) is 6.65. The Morgan fingerprint density at radius 3 is 2.41 bits per heavy atom. The lowest BCUT2D eigenvalue weighted by molar-refractivity contribution is 0.0527. The number of aryl methyl sites for hydroxylation is 1. The number of sulfonamides is 1. The second-order valence-corrected chi connectivity index (χ2v) is 11.5. The number of ether oxygens (including phenoxy) is 1. The van der Waals surface area contributed by atoms with E-state index in [9.17, 15) is 13.2 Å². The SMILES string of the molecule is CCCCc1nc2ccc(NS(=O)(=O)CCCC)cc2n1Cc1ccc(-c2ccccc2C(=O)OCC)cc1. The van der Waals surface area contributed by atoms with Crippen molar-refractivity contribution in [3.63, 3.8) is 0 Å². The van der Waals surface area contributed by atoms with E-state index < -0.39 is 10.0 Å². The van der Waals surface area contributed by atoms with Gasteiger partial charge < -0.3 is 9.30 Å². The van der Waals surface area contributed by atoms with Crippen molar-refractivity contribution < 1.29 is 17.9 Å². The molecule has 39 heavy (non-hydrogen) atoms. The van der Waals surface area contributed by atoms with E-state index in [2.05, 4.69) is 28.3 Å². The molecule has 0 bridgehead atoms. The smallest absolute Gasteiger partial charge is 0.338 e. The van der Waals surface area contributed by atoms with Crippen molar-refractivity contribution in [3.05, 3.63) is 83.7 Å². The molecule has 4 aromatic rings. The van der Waals surface area contributed by atoms with Gasteiger partial charge in [-0.3, -0.25) is 4.72 Å². The molecule has 4 rings (SSSR count). The van der Waals surface area contributed by atoms with Crippen LogP contribution in [0.25, 0.3) is 22.2 Å². The van der Waals surface area contributed by atoms with Gasteiger partial charge in [0.15, 0.2) is 0 Å². The Hall–Kier alpha value is -3.65. The van der Waals surface area contributed by atoms with Crippen molar-refractivity contribution in [2.75, 3.05) is 17.1 Å². The summed E-state index contributed by atoms with van der Waals surface area (Å²) >= 11 is 0. The molecule has 0 atom stereocenters. The number of hydrogen-bond donors (Lipinski definition) is 1. The number of benzene rings is 3. The molecule has 0 saturated carbocycles. The van der Waals surface area contributed by atoms with Gasteiger partial charge in [-0.05, 0) is 60.7 Å². The van der Waals surface area contributed by atoms with Crippen molar-refractivity contribution >= 4 is 32.7 Å². The second kappa shape index (κ2) is 12.9. The van der Waals surface area contributed by atoms with Crippen LogP contribution in [0.5, 0.6) is 0 Å². The van der Waals surface area contributed by atoms with Crippen LogP contribution in [0.4, 0.5) is 5.69 Å². The maximum absolute atomic E-state index is 12.5. The van der Waals surface area contributed by atoms with Crippen LogP contribution < -0.4 is 4.72 Å². The van der Waals surface area contributed by atoms with Crippen molar-refractivity contribution in [1.29, 1.82) is 0 Å². The third kappa shape index (κ3) is 7.06. The molecule has 0 saturated heterocycles. The van der Waals surface area contributed by atoms with Crippen molar-refractivity contribution in [2.45, 2.75) is 59.4 Å². The molecule has 0 amide bonds. The first-order chi connectivity index (χ1) is 18.8. The highest BCUT2D eigenvalue weighted by atomic mass is 32.2. The van der Waals surface area contributed by atoms with Gasteiger partial charge in [-0.15, -0.1) is 0 Å². The minimum Gasteiger partial charge on any atom is -0.462 e. The molecule has 1 N–H and O–H groups in total. The Morgan fingerprint density at radius 1 is 0.949 bits per heavy atom. The fraction of sp³-hybridized carbons (Fsp3) is 0.355. The first kappa shape index (κ1) is 28.4. The highest BCUT2D eigenvalue weighted by Gasteiger charge is 2.16. The first-order valence-corrected chi connectivity index (χ1v) is 15.4. The van der Waals surface area contributed by atoms with Crippen LogP contribution in [0.15, 0.2) is 66.7 Å². The molecule has 0 spiro atoms. The van der Waals surface area contributed by atoms with E-state index in [1.807, 2.05) is 49.4 Å². The van der Waals surface area contributed by atoms with E-state index in [-0.39, 0.29) is 11.7 Å². The van der Waals surface area contributed by atoms with Gasteiger partial charge >= 0.3 is 5.97 Å². The molecule has 7 nitrogen and oxygen atoms in total. The van der Waals surface area contributed by atoms with Crippen LogP contribution in [-0.2, 0) is 27.7 Å². The first-order valence-electron chi connectivity index (χ1n) is 13.7. The Kier molecular flexibility index (Phi) is 9.41. The number of nitrogens with zero attached hydrogens (tertiary/aromatic N) is 2. The summed E-state index contributed by atoms with van der Waals surface area (Å²) in [4.78, 5) is 17.3. The maximum atomic E-state index is 12.5. The van der Waals surface area contributed by atoms with Crippen LogP contribution in [0.2, 0.25) is 0 Å². The number of aromatic nitrogens is 2. The van der Waals surface area contributed by atoms with Gasteiger partial charge in [-0.2, -0.15) is 0 Å². The molecule has 8 heteroatoms. The van der Waals surface area contributed by atoms with E-state index in [1.54, 1.807) is 19.1 Å². The Balaban J connectivity index is 1.65. The van der Waals surface area contributed by atoms with Crippen molar-refractivity contribution in [3.8, 4) is 11.1 Å². The average Bonchev–Trinajstić information content (AvgIpc) is 3.27. The number of rotatable bonds is 13. The predicted octanol–water partition coefficient (Wildman–Crippen LogP) is 6.81. The zero-order valence-corrected chi connectivity index (χ0v) is 23.8. The molecule has 0 radical (unpaired) electrons. The van der Waals surface area contributed by atoms with Gasteiger partial charge in [-0.1, -0.05) is 69.2 Å². The molecular formula is C31H37N3O4S. The Labute approximate surface area is 231 Å². The number of esters is 1. The lowest BCUT2D eigenvalue weighted by atomic mass is 9.98. The molecular weight excluding hydrogens is 510 g/mol. The van der Waals surface area contributed by atoms with Gasteiger partial charge in [0, 0.05) is 13.0 Å². The highest BCUT2D eigenvalue weighted by Crippen LogP contribution is 2.27. The van der Waals surface area contributed by atoms with Crippen LogP contribution in [-0.4, -0.2) is 36.3 Å². The third-order valence-corrected chi connectivity index (χ3v) is 8.02. The summed E-state index contributed by atoms with van der Waals surface area (Å²) in [7, 11) is -3.40. The van der Waals surface area contributed by atoms with Crippen molar-refractivity contribution in [2.24, 2.45) is 0 Å². The molecule has 0 fully saturated rings.